The van der Waals surface area contributed by atoms with E-state index in [0.717, 1.165) is 38.6 Å². The molecule has 0 aromatic carbocycles. The first-order valence-corrected chi connectivity index (χ1v) is 6.62. The Bertz CT molecular complexity index is 312. The lowest BCUT2D eigenvalue weighted by atomic mass is 9.47. The Hall–Kier alpha value is -0.570. The maximum absolute atomic E-state index is 12.3. The fourth-order valence-electron chi connectivity index (χ4n) is 4.95. The summed E-state index contributed by atoms with van der Waals surface area (Å²) < 4.78 is 0. The summed E-state index contributed by atoms with van der Waals surface area (Å²) in [6, 6.07) is 0. The SMILES string of the molecule is CCNC(=O)C12CC3CC(CC(N)(C3)C1)C2. The molecule has 4 aliphatic rings. The van der Waals surface area contributed by atoms with Gasteiger partial charge in [0, 0.05) is 12.1 Å². The molecule has 4 bridgehead atoms. The molecule has 0 spiro atoms. The monoisotopic (exact) mass is 222 g/mol. The number of rotatable bonds is 2. The van der Waals surface area contributed by atoms with E-state index in [0.29, 0.717) is 11.8 Å². The molecule has 2 atom stereocenters. The Labute approximate surface area is 97.2 Å². The Morgan fingerprint density at radius 3 is 2.44 bits per heavy atom. The van der Waals surface area contributed by atoms with Crippen LogP contribution in [0.15, 0.2) is 0 Å². The second-order valence-corrected chi connectivity index (χ2v) is 6.46. The van der Waals surface area contributed by atoms with Gasteiger partial charge in [-0.05, 0) is 57.3 Å². The zero-order valence-electron chi connectivity index (χ0n) is 10.1. The summed E-state index contributed by atoms with van der Waals surface area (Å²) in [6.45, 7) is 2.74. The van der Waals surface area contributed by atoms with E-state index < -0.39 is 0 Å². The van der Waals surface area contributed by atoms with Gasteiger partial charge in [0.05, 0.1) is 5.41 Å². The molecule has 16 heavy (non-hydrogen) atoms. The molecule has 3 nitrogen and oxygen atoms in total. The number of carbonyl (C=O) groups is 1. The van der Waals surface area contributed by atoms with E-state index in [1.807, 2.05) is 6.92 Å². The normalized spacial score (nSPS) is 49.4. The molecule has 1 amide bonds. The molecular formula is C13H22N2O. The lowest BCUT2D eigenvalue weighted by molar-refractivity contribution is -0.148. The Morgan fingerprint density at radius 2 is 1.94 bits per heavy atom. The van der Waals surface area contributed by atoms with E-state index in [4.69, 9.17) is 5.73 Å². The first kappa shape index (κ1) is 10.6. The molecule has 0 saturated heterocycles. The molecule has 4 fully saturated rings. The van der Waals surface area contributed by atoms with Gasteiger partial charge in [0.25, 0.3) is 0 Å². The predicted molar refractivity (Wildman–Crippen MR) is 62.7 cm³/mol. The molecule has 3 N–H and O–H groups in total. The molecule has 0 aromatic rings. The molecule has 0 radical (unpaired) electrons. The Kier molecular flexibility index (Phi) is 2.13. The van der Waals surface area contributed by atoms with Crippen LogP contribution in [0.1, 0.15) is 45.4 Å². The highest BCUT2D eigenvalue weighted by Gasteiger charge is 2.59. The van der Waals surface area contributed by atoms with Crippen molar-refractivity contribution in [3.63, 3.8) is 0 Å². The highest BCUT2D eigenvalue weighted by molar-refractivity contribution is 5.83. The topological polar surface area (TPSA) is 55.1 Å². The lowest BCUT2D eigenvalue weighted by Crippen LogP contribution is -2.63. The minimum Gasteiger partial charge on any atom is -0.356 e. The van der Waals surface area contributed by atoms with Crippen molar-refractivity contribution in [2.24, 2.45) is 23.0 Å². The van der Waals surface area contributed by atoms with Gasteiger partial charge in [0.2, 0.25) is 5.91 Å². The van der Waals surface area contributed by atoms with Crippen LogP contribution >= 0.6 is 0 Å². The number of nitrogens with one attached hydrogen (secondary N) is 1. The fourth-order valence-corrected chi connectivity index (χ4v) is 4.95. The van der Waals surface area contributed by atoms with Crippen LogP contribution in [0.5, 0.6) is 0 Å². The summed E-state index contributed by atoms with van der Waals surface area (Å²) in [5, 5.41) is 3.03. The van der Waals surface area contributed by atoms with Gasteiger partial charge in [-0.1, -0.05) is 0 Å². The van der Waals surface area contributed by atoms with Gasteiger partial charge < -0.3 is 11.1 Å². The van der Waals surface area contributed by atoms with E-state index in [1.165, 1.54) is 6.42 Å². The molecule has 0 aliphatic heterocycles. The second-order valence-electron chi connectivity index (χ2n) is 6.46. The van der Waals surface area contributed by atoms with Gasteiger partial charge >= 0.3 is 0 Å². The third-order valence-electron chi connectivity index (χ3n) is 4.93. The molecule has 4 rings (SSSR count). The van der Waals surface area contributed by atoms with Crippen molar-refractivity contribution in [1.82, 2.24) is 5.32 Å². The third kappa shape index (κ3) is 1.41. The number of carbonyl (C=O) groups excluding carboxylic acids is 1. The molecule has 0 aromatic heterocycles. The molecule has 4 saturated carbocycles. The van der Waals surface area contributed by atoms with Gasteiger partial charge in [-0.15, -0.1) is 0 Å². The van der Waals surface area contributed by atoms with E-state index >= 15 is 0 Å². The van der Waals surface area contributed by atoms with E-state index in [-0.39, 0.29) is 16.9 Å². The van der Waals surface area contributed by atoms with Crippen molar-refractivity contribution in [1.29, 1.82) is 0 Å². The van der Waals surface area contributed by atoms with Crippen LogP contribution < -0.4 is 11.1 Å². The average Bonchev–Trinajstić information content (AvgIpc) is 2.13. The zero-order chi connectivity index (χ0) is 11.4. The maximum atomic E-state index is 12.3. The zero-order valence-corrected chi connectivity index (χ0v) is 10.1. The molecule has 2 unspecified atom stereocenters. The van der Waals surface area contributed by atoms with Crippen LogP contribution in [-0.4, -0.2) is 18.0 Å². The Morgan fingerprint density at radius 1 is 1.31 bits per heavy atom. The highest BCUT2D eigenvalue weighted by Crippen LogP contribution is 2.60. The second kappa shape index (κ2) is 3.22. The first-order chi connectivity index (χ1) is 7.55. The smallest absolute Gasteiger partial charge is 0.226 e. The minimum absolute atomic E-state index is 0.0187. The Balaban J connectivity index is 1.89. The van der Waals surface area contributed by atoms with Gasteiger partial charge in [-0.2, -0.15) is 0 Å². The fraction of sp³-hybridized carbons (Fsp3) is 0.923. The van der Waals surface area contributed by atoms with Gasteiger partial charge in [-0.3, -0.25) is 4.79 Å². The van der Waals surface area contributed by atoms with E-state index in [2.05, 4.69) is 5.32 Å². The van der Waals surface area contributed by atoms with Crippen LogP contribution in [0.4, 0.5) is 0 Å². The molecular weight excluding hydrogens is 200 g/mol. The summed E-state index contributed by atoms with van der Waals surface area (Å²) in [4.78, 5) is 12.3. The number of amides is 1. The largest absolute Gasteiger partial charge is 0.356 e. The van der Waals surface area contributed by atoms with E-state index in [9.17, 15) is 4.79 Å². The number of hydrogen-bond donors (Lipinski definition) is 2. The van der Waals surface area contributed by atoms with Crippen LogP contribution in [0.2, 0.25) is 0 Å². The lowest BCUT2D eigenvalue weighted by Gasteiger charge is -2.60. The molecule has 90 valence electrons. The molecule has 3 heteroatoms. The van der Waals surface area contributed by atoms with Crippen molar-refractivity contribution in [2.75, 3.05) is 6.54 Å². The third-order valence-corrected chi connectivity index (χ3v) is 4.93. The van der Waals surface area contributed by atoms with Gasteiger partial charge in [0.1, 0.15) is 0 Å². The summed E-state index contributed by atoms with van der Waals surface area (Å²) in [6.07, 6.45) is 6.75. The average molecular weight is 222 g/mol. The van der Waals surface area contributed by atoms with Crippen molar-refractivity contribution in [2.45, 2.75) is 51.0 Å². The number of hydrogen-bond acceptors (Lipinski definition) is 2. The minimum atomic E-state index is -0.102. The summed E-state index contributed by atoms with van der Waals surface area (Å²) in [7, 11) is 0. The van der Waals surface area contributed by atoms with Crippen LogP contribution in [0.3, 0.4) is 0 Å². The van der Waals surface area contributed by atoms with Crippen molar-refractivity contribution in [3.05, 3.63) is 0 Å². The molecule has 4 aliphatic carbocycles. The van der Waals surface area contributed by atoms with Gasteiger partial charge in [-0.25, -0.2) is 0 Å². The highest BCUT2D eigenvalue weighted by atomic mass is 16.2. The number of nitrogens with two attached hydrogens (primary N) is 1. The maximum Gasteiger partial charge on any atom is 0.226 e. The van der Waals surface area contributed by atoms with Gasteiger partial charge in [0.15, 0.2) is 0 Å². The van der Waals surface area contributed by atoms with Crippen molar-refractivity contribution < 1.29 is 4.79 Å². The summed E-state index contributed by atoms with van der Waals surface area (Å²) >= 11 is 0. The first-order valence-electron chi connectivity index (χ1n) is 6.62. The quantitative estimate of drug-likeness (QED) is 0.742. The van der Waals surface area contributed by atoms with Crippen LogP contribution in [0.25, 0.3) is 0 Å². The predicted octanol–water partition coefficient (Wildman–Crippen LogP) is 1.42. The van der Waals surface area contributed by atoms with Crippen LogP contribution in [0, 0.1) is 17.3 Å². The van der Waals surface area contributed by atoms with Crippen LogP contribution in [-0.2, 0) is 4.79 Å². The summed E-state index contributed by atoms with van der Waals surface area (Å²) in [5.74, 6) is 1.71. The standard InChI is InChI=1S/C13H22N2O/c1-2-15-11(16)12-4-9-3-10(5-12)7-13(14,6-9)8-12/h9-10H,2-8,14H2,1H3,(H,15,16). The molecule has 0 heterocycles. The van der Waals surface area contributed by atoms with Crippen molar-refractivity contribution in [3.8, 4) is 0 Å². The summed E-state index contributed by atoms with van der Waals surface area (Å²) in [5.41, 5.74) is 6.34. The van der Waals surface area contributed by atoms with E-state index in [1.54, 1.807) is 0 Å². The van der Waals surface area contributed by atoms with Crippen molar-refractivity contribution >= 4 is 5.91 Å².